The minimum absolute atomic E-state index is 0.0527. The van der Waals surface area contributed by atoms with Crippen molar-refractivity contribution in [3.63, 3.8) is 0 Å². The molecule has 3 N–H and O–H groups in total. The second kappa shape index (κ2) is 8.07. The Bertz CT molecular complexity index is 756. The van der Waals surface area contributed by atoms with E-state index in [0.717, 1.165) is 0 Å². The van der Waals surface area contributed by atoms with E-state index >= 15 is 0 Å². The lowest BCUT2D eigenvalue weighted by molar-refractivity contribution is -0.118. The average Bonchev–Trinajstić information content (AvgIpc) is 2.95. The molecular formula is C16H16BrN3O3S. The maximum Gasteiger partial charge on any atom is 0.293 e. The van der Waals surface area contributed by atoms with Gasteiger partial charge in [0.1, 0.15) is 0 Å². The summed E-state index contributed by atoms with van der Waals surface area (Å²) in [5.41, 5.74) is 1.37. The second-order valence-corrected chi connectivity index (χ2v) is 6.42. The van der Waals surface area contributed by atoms with Gasteiger partial charge in [-0.25, -0.2) is 0 Å². The summed E-state index contributed by atoms with van der Waals surface area (Å²) in [7, 11) is 0. The quantitative estimate of drug-likeness (QED) is 0.669. The SMILES string of the molecule is CC(C)C(=O)Nc1ccc(NC(=S)NC(=O)c2ccc(Br)o2)cc1. The standard InChI is InChI=1S/C16H16BrN3O3S/c1-9(2)14(21)18-10-3-5-11(6-4-10)19-16(24)20-15(22)12-7-8-13(17)23-12/h3-9H,1-2H3,(H,18,21)(H2,19,20,22,24). The number of benzene rings is 1. The Labute approximate surface area is 153 Å². The number of rotatable bonds is 4. The number of thiocarbonyl (C=S) groups is 1. The van der Waals surface area contributed by atoms with Crippen LogP contribution in [0.3, 0.4) is 0 Å². The Hall–Kier alpha value is -2.19. The Morgan fingerprint density at radius 1 is 1.04 bits per heavy atom. The van der Waals surface area contributed by atoms with E-state index in [-0.39, 0.29) is 22.7 Å². The molecule has 8 heteroatoms. The van der Waals surface area contributed by atoms with Crippen molar-refractivity contribution in [1.29, 1.82) is 0 Å². The number of furan rings is 1. The Kier molecular flexibility index (Phi) is 6.10. The smallest absolute Gasteiger partial charge is 0.293 e. The van der Waals surface area contributed by atoms with Crippen LogP contribution in [0.4, 0.5) is 11.4 Å². The number of amides is 2. The summed E-state index contributed by atoms with van der Waals surface area (Å²) in [5, 5.41) is 8.34. The van der Waals surface area contributed by atoms with Crippen LogP contribution in [0, 0.1) is 5.92 Å². The molecule has 126 valence electrons. The van der Waals surface area contributed by atoms with Gasteiger partial charge in [-0.1, -0.05) is 13.8 Å². The molecular weight excluding hydrogens is 394 g/mol. The lowest BCUT2D eigenvalue weighted by atomic mass is 10.2. The molecule has 1 heterocycles. The third-order valence-corrected chi connectivity index (χ3v) is 3.59. The fraction of sp³-hybridized carbons (Fsp3) is 0.188. The summed E-state index contributed by atoms with van der Waals surface area (Å²) >= 11 is 8.22. The van der Waals surface area contributed by atoms with Gasteiger partial charge in [-0.2, -0.15) is 0 Å². The molecule has 0 radical (unpaired) electrons. The average molecular weight is 410 g/mol. The molecule has 0 aliphatic rings. The van der Waals surface area contributed by atoms with E-state index in [4.69, 9.17) is 16.6 Å². The van der Waals surface area contributed by atoms with Gasteiger partial charge in [0.15, 0.2) is 15.5 Å². The third-order valence-electron chi connectivity index (χ3n) is 2.96. The molecule has 2 rings (SSSR count). The first kappa shape index (κ1) is 18.2. The van der Waals surface area contributed by atoms with Crippen LogP contribution >= 0.6 is 28.1 Å². The van der Waals surface area contributed by atoms with Crippen molar-refractivity contribution in [1.82, 2.24) is 5.32 Å². The van der Waals surface area contributed by atoms with Crippen molar-refractivity contribution in [2.45, 2.75) is 13.8 Å². The molecule has 0 aliphatic carbocycles. The monoisotopic (exact) mass is 409 g/mol. The molecule has 1 aromatic carbocycles. The van der Waals surface area contributed by atoms with Crippen LogP contribution in [0.5, 0.6) is 0 Å². The molecule has 0 aliphatic heterocycles. The fourth-order valence-corrected chi connectivity index (χ4v) is 2.20. The van der Waals surface area contributed by atoms with Crippen LogP contribution in [0.2, 0.25) is 0 Å². The molecule has 0 saturated carbocycles. The van der Waals surface area contributed by atoms with E-state index in [2.05, 4.69) is 31.9 Å². The van der Waals surface area contributed by atoms with Gasteiger partial charge < -0.3 is 15.1 Å². The van der Waals surface area contributed by atoms with Crippen molar-refractivity contribution < 1.29 is 14.0 Å². The summed E-state index contributed by atoms with van der Waals surface area (Å²) < 4.78 is 5.61. The molecule has 24 heavy (non-hydrogen) atoms. The first-order valence-corrected chi connectivity index (χ1v) is 8.34. The molecule has 0 atom stereocenters. The van der Waals surface area contributed by atoms with E-state index < -0.39 is 5.91 Å². The molecule has 0 saturated heterocycles. The van der Waals surface area contributed by atoms with Crippen LogP contribution in [-0.2, 0) is 4.79 Å². The summed E-state index contributed by atoms with van der Waals surface area (Å²) in [4.78, 5) is 23.5. The van der Waals surface area contributed by atoms with Gasteiger partial charge in [0.25, 0.3) is 5.91 Å². The normalized spacial score (nSPS) is 10.3. The van der Waals surface area contributed by atoms with Gasteiger partial charge in [0, 0.05) is 17.3 Å². The van der Waals surface area contributed by atoms with Gasteiger partial charge in [0.2, 0.25) is 5.91 Å². The third kappa shape index (κ3) is 5.17. The first-order valence-electron chi connectivity index (χ1n) is 7.14. The molecule has 1 aromatic heterocycles. The highest BCUT2D eigenvalue weighted by Crippen LogP contribution is 2.15. The topological polar surface area (TPSA) is 83.4 Å². The minimum Gasteiger partial charge on any atom is -0.444 e. The minimum atomic E-state index is -0.445. The first-order chi connectivity index (χ1) is 11.3. The van der Waals surface area contributed by atoms with Gasteiger partial charge in [0.05, 0.1) is 0 Å². The predicted octanol–water partition coefficient (Wildman–Crippen LogP) is 3.76. The highest BCUT2D eigenvalue weighted by atomic mass is 79.9. The summed E-state index contributed by atoms with van der Waals surface area (Å²) in [5.74, 6) is -0.438. The van der Waals surface area contributed by atoms with E-state index in [1.807, 2.05) is 13.8 Å². The fourth-order valence-electron chi connectivity index (χ4n) is 1.69. The molecule has 2 amide bonds. The van der Waals surface area contributed by atoms with Gasteiger partial charge in [-0.3, -0.25) is 14.9 Å². The van der Waals surface area contributed by atoms with E-state index in [9.17, 15) is 9.59 Å². The molecule has 0 fully saturated rings. The van der Waals surface area contributed by atoms with Crippen LogP contribution < -0.4 is 16.0 Å². The highest BCUT2D eigenvalue weighted by molar-refractivity contribution is 9.10. The Morgan fingerprint density at radius 2 is 1.62 bits per heavy atom. The van der Waals surface area contributed by atoms with Crippen LogP contribution in [0.15, 0.2) is 45.5 Å². The highest BCUT2D eigenvalue weighted by Gasteiger charge is 2.12. The van der Waals surface area contributed by atoms with Gasteiger partial charge in [-0.05, 0) is 64.5 Å². The number of anilines is 2. The van der Waals surface area contributed by atoms with Crippen LogP contribution in [0.25, 0.3) is 0 Å². The van der Waals surface area contributed by atoms with E-state index in [1.165, 1.54) is 6.07 Å². The largest absolute Gasteiger partial charge is 0.444 e. The molecule has 0 spiro atoms. The van der Waals surface area contributed by atoms with Gasteiger partial charge in [-0.15, -0.1) is 0 Å². The lowest BCUT2D eigenvalue weighted by Gasteiger charge is -2.11. The maximum atomic E-state index is 11.9. The predicted molar refractivity (Wildman–Crippen MR) is 100 cm³/mol. The molecule has 0 unspecified atom stereocenters. The van der Waals surface area contributed by atoms with Crippen LogP contribution in [0.1, 0.15) is 24.4 Å². The zero-order valence-corrected chi connectivity index (χ0v) is 15.5. The number of nitrogens with one attached hydrogen (secondary N) is 3. The van der Waals surface area contributed by atoms with Crippen molar-refractivity contribution in [2.75, 3.05) is 10.6 Å². The molecule has 2 aromatic rings. The van der Waals surface area contributed by atoms with E-state index in [0.29, 0.717) is 16.0 Å². The number of hydrogen-bond donors (Lipinski definition) is 3. The Balaban J connectivity index is 1.90. The van der Waals surface area contributed by atoms with Crippen molar-refractivity contribution in [3.05, 3.63) is 46.8 Å². The van der Waals surface area contributed by atoms with Gasteiger partial charge >= 0.3 is 0 Å². The summed E-state index contributed by atoms with van der Waals surface area (Å²) in [6.07, 6.45) is 0. The number of hydrogen-bond acceptors (Lipinski definition) is 4. The lowest BCUT2D eigenvalue weighted by Crippen LogP contribution is -2.33. The van der Waals surface area contributed by atoms with E-state index in [1.54, 1.807) is 30.3 Å². The number of carbonyl (C=O) groups excluding carboxylic acids is 2. The zero-order valence-electron chi connectivity index (χ0n) is 13.1. The van der Waals surface area contributed by atoms with Crippen LogP contribution in [-0.4, -0.2) is 16.9 Å². The second-order valence-electron chi connectivity index (χ2n) is 5.23. The summed E-state index contributed by atoms with van der Waals surface area (Å²) in [6, 6.07) is 10.1. The zero-order chi connectivity index (χ0) is 17.7. The molecule has 0 bridgehead atoms. The van der Waals surface area contributed by atoms with Crippen molar-refractivity contribution in [2.24, 2.45) is 5.92 Å². The number of carbonyl (C=O) groups is 2. The van der Waals surface area contributed by atoms with Crippen molar-refractivity contribution >= 4 is 56.4 Å². The maximum absolute atomic E-state index is 11.9. The molecule has 6 nitrogen and oxygen atoms in total. The van der Waals surface area contributed by atoms with Crippen molar-refractivity contribution in [3.8, 4) is 0 Å². The Morgan fingerprint density at radius 3 is 2.12 bits per heavy atom. The number of halogens is 1. The summed E-state index contributed by atoms with van der Waals surface area (Å²) in [6.45, 7) is 3.65.